The van der Waals surface area contributed by atoms with Crippen LogP contribution in [-0.2, 0) is 24.3 Å². The SMILES string of the molecule is O=C(CN(Cc1c(F)cccc1Cl)C1CC1)N1CCc2ccccc2C1. The van der Waals surface area contributed by atoms with Gasteiger partial charge in [0.1, 0.15) is 5.82 Å². The van der Waals surface area contributed by atoms with Crippen molar-refractivity contribution in [2.45, 2.75) is 38.4 Å². The summed E-state index contributed by atoms with van der Waals surface area (Å²) in [6.07, 6.45) is 3.01. The van der Waals surface area contributed by atoms with Crippen LogP contribution in [0.5, 0.6) is 0 Å². The highest BCUT2D eigenvalue weighted by molar-refractivity contribution is 6.31. The van der Waals surface area contributed by atoms with Crippen LogP contribution >= 0.6 is 11.6 Å². The molecule has 1 saturated carbocycles. The number of halogens is 2. The highest BCUT2D eigenvalue weighted by Crippen LogP contribution is 2.31. The van der Waals surface area contributed by atoms with Gasteiger partial charge in [-0.05, 0) is 42.5 Å². The molecular weight excluding hydrogens is 351 g/mol. The maximum Gasteiger partial charge on any atom is 0.237 e. The van der Waals surface area contributed by atoms with E-state index in [0.29, 0.717) is 36.3 Å². The summed E-state index contributed by atoms with van der Waals surface area (Å²) in [6, 6.07) is 13.4. The van der Waals surface area contributed by atoms with E-state index in [4.69, 9.17) is 11.6 Å². The van der Waals surface area contributed by atoms with Crippen molar-refractivity contribution in [1.29, 1.82) is 0 Å². The Morgan fingerprint density at radius 1 is 1.15 bits per heavy atom. The second-order valence-corrected chi connectivity index (χ2v) is 7.58. The first-order valence-corrected chi connectivity index (χ1v) is 9.51. The lowest BCUT2D eigenvalue weighted by molar-refractivity contribution is -0.133. The smallest absolute Gasteiger partial charge is 0.237 e. The fourth-order valence-electron chi connectivity index (χ4n) is 3.62. The van der Waals surface area contributed by atoms with Crippen molar-refractivity contribution in [2.75, 3.05) is 13.1 Å². The van der Waals surface area contributed by atoms with Crippen LogP contribution in [0.2, 0.25) is 5.02 Å². The van der Waals surface area contributed by atoms with Crippen LogP contribution in [0.3, 0.4) is 0 Å². The predicted octanol–water partition coefficient (Wildman–Crippen LogP) is 4.03. The number of carbonyl (C=O) groups is 1. The number of benzene rings is 2. The Morgan fingerprint density at radius 2 is 1.92 bits per heavy atom. The average Bonchev–Trinajstić information content (AvgIpc) is 3.48. The summed E-state index contributed by atoms with van der Waals surface area (Å²) < 4.78 is 14.1. The molecule has 2 aliphatic rings. The molecular formula is C21H22ClFN2O. The van der Waals surface area contributed by atoms with Gasteiger partial charge in [0.25, 0.3) is 0 Å². The van der Waals surface area contributed by atoms with E-state index in [1.54, 1.807) is 12.1 Å². The maximum absolute atomic E-state index is 14.1. The Balaban J connectivity index is 1.45. The Morgan fingerprint density at radius 3 is 2.65 bits per heavy atom. The molecule has 1 heterocycles. The van der Waals surface area contributed by atoms with Crippen LogP contribution in [0.25, 0.3) is 0 Å². The summed E-state index contributed by atoms with van der Waals surface area (Å²) >= 11 is 6.18. The van der Waals surface area contributed by atoms with Crippen molar-refractivity contribution in [3.63, 3.8) is 0 Å². The molecule has 26 heavy (non-hydrogen) atoms. The molecule has 5 heteroatoms. The van der Waals surface area contributed by atoms with Gasteiger partial charge in [-0.25, -0.2) is 4.39 Å². The van der Waals surface area contributed by atoms with Gasteiger partial charge in [-0.1, -0.05) is 41.9 Å². The summed E-state index contributed by atoms with van der Waals surface area (Å²) in [5, 5.41) is 0.426. The van der Waals surface area contributed by atoms with Gasteiger partial charge in [0.15, 0.2) is 0 Å². The quantitative estimate of drug-likeness (QED) is 0.791. The molecule has 0 aromatic heterocycles. The Labute approximate surface area is 158 Å². The van der Waals surface area contributed by atoms with Crippen molar-refractivity contribution in [1.82, 2.24) is 9.80 Å². The largest absolute Gasteiger partial charge is 0.337 e. The van der Waals surface area contributed by atoms with Crippen molar-refractivity contribution < 1.29 is 9.18 Å². The Hall–Kier alpha value is -1.91. The van der Waals surface area contributed by atoms with Gasteiger partial charge < -0.3 is 4.90 Å². The first kappa shape index (κ1) is 17.5. The molecule has 2 aromatic rings. The number of rotatable bonds is 5. The molecule has 1 aliphatic carbocycles. The molecule has 1 aliphatic heterocycles. The van der Waals surface area contributed by atoms with Crippen molar-refractivity contribution in [2.24, 2.45) is 0 Å². The monoisotopic (exact) mass is 372 g/mol. The van der Waals surface area contributed by atoms with Gasteiger partial charge in [0, 0.05) is 36.3 Å². The highest BCUT2D eigenvalue weighted by Gasteiger charge is 2.33. The first-order valence-electron chi connectivity index (χ1n) is 9.13. The maximum atomic E-state index is 14.1. The van der Waals surface area contributed by atoms with E-state index in [1.807, 2.05) is 17.0 Å². The second kappa shape index (κ2) is 7.37. The number of amides is 1. The molecule has 4 rings (SSSR count). The number of carbonyl (C=O) groups excluding carboxylic acids is 1. The summed E-state index contributed by atoms with van der Waals surface area (Å²) in [5.74, 6) is -0.193. The standard InChI is InChI=1S/C21H22ClFN2O/c22-19-6-3-7-20(23)18(19)13-25(17-8-9-17)14-21(26)24-11-10-15-4-1-2-5-16(15)12-24/h1-7,17H,8-14H2. The third kappa shape index (κ3) is 3.76. The highest BCUT2D eigenvalue weighted by atomic mass is 35.5. The molecule has 2 aromatic carbocycles. The summed E-state index contributed by atoms with van der Waals surface area (Å²) in [4.78, 5) is 16.9. The van der Waals surface area contributed by atoms with E-state index in [9.17, 15) is 9.18 Å². The molecule has 1 amide bonds. The Bertz CT molecular complexity index is 801. The molecule has 0 saturated heterocycles. The van der Waals surface area contributed by atoms with Gasteiger partial charge in [0.05, 0.1) is 6.54 Å². The minimum Gasteiger partial charge on any atom is -0.337 e. The first-order chi connectivity index (χ1) is 12.6. The molecule has 0 unspecified atom stereocenters. The van der Waals surface area contributed by atoms with E-state index in [1.165, 1.54) is 17.2 Å². The fourth-order valence-corrected chi connectivity index (χ4v) is 3.85. The number of hydrogen-bond donors (Lipinski definition) is 0. The molecule has 136 valence electrons. The third-order valence-electron chi connectivity index (χ3n) is 5.31. The summed E-state index contributed by atoms with van der Waals surface area (Å²) in [5.41, 5.74) is 3.04. The van der Waals surface area contributed by atoms with Crippen LogP contribution in [0.1, 0.15) is 29.5 Å². The third-order valence-corrected chi connectivity index (χ3v) is 5.66. The van der Waals surface area contributed by atoms with Crippen LogP contribution in [-0.4, -0.2) is 34.8 Å². The lowest BCUT2D eigenvalue weighted by Crippen LogP contribution is -2.43. The van der Waals surface area contributed by atoms with E-state index in [2.05, 4.69) is 17.0 Å². The normalized spacial score (nSPS) is 16.7. The predicted molar refractivity (Wildman–Crippen MR) is 100 cm³/mol. The molecule has 0 N–H and O–H groups in total. The minimum atomic E-state index is -0.303. The zero-order chi connectivity index (χ0) is 18.1. The molecule has 0 spiro atoms. The molecule has 0 bridgehead atoms. The minimum absolute atomic E-state index is 0.110. The van der Waals surface area contributed by atoms with Crippen molar-refractivity contribution in [3.8, 4) is 0 Å². The summed E-state index contributed by atoms with van der Waals surface area (Å²) in [6.45, 7) is 2.10. The lowest BCUT2D eigenvalue weighted by Gasteiger charge is -2.31. The van der Waals surface area contributed by atoms with Gasteiger partial charge in [-0.2, -0.15) is 0 Å². The second-order valence-electron chi connectivity index (χ2n) is 7.17. The Kier molecular flexibility index (Phi) is 4.96. The molecule has 3 nitrogen and oxygen atoms in total. The average molecular weight is 373 g/mol. The van der Waals surface area contributed by atoms with Gasteiger partial charge in [-0.3, -0.25) is 9.69 Å². The van der Waals surface area contributed by atoms with E-state index >= 15 is 0 Å². The molecule has 0 atom stereocenters. The van der Waals surface area contributed by atoms with Gasteiger partial charge >= 0.3 is 0 Å². The zero-order valence-electron chi connectivity index (χ0n) is 14.6. The molecule has 1 fully saturated rings. The van der Waals surface area contributed by atoms with Crippen LogP contribution in [0.15, 0.2) is 42.5 Å². The van der Waals surface area contributed by atoms with Gasteiger partial charge in [-0.15, -0.1) is 0 Å². The number of hydrogen-bond acceptors (Lipinski definition) is 2. The topological polar surface area (TPSA) is 23.6 Å². The molecule has 0 radical (unpaired) electrons. The van der Waals surface area contributed by atoms with Crippen molar-refractivity contribution in [3.05, 3.63) is 70.0 Å². The van der Waals surface area contributed by atoms with Crippen LogP contribution in [0.4, 0.5) is 4.39 Å². The van der Waals surface area contributed by atoms with E-state index in [0.717, 1.165) is 25.8 Å². The van der Waals surface area contributed by atoms with Crippen LogP contribution in [0, 0.1) is 5.82 Å². The lowest BCUT2D eigenvalue weighted by atomic mass is 10.00. The number of nitrogens with zero attached hydrogens (tertiary/aromatic N) is 2. The van der Waals surface area contributed by atoms with Crippen molar-refractivity contribution >= 4 is 17.5 Å². The van der Waals surface area contributed by atoms with E-state index in [-0.39, 0.29) is 11.7 Å². The van der Waals surface area contributed by atoms with Crippen LogP contribution < -0.4 is 0 Å². The fraction of sp³-hybridized carbons (Fsp3) is 0.381. The summed E-state index contributed by atoms with van der Waals surface area (Å²) in [7, 11) is 0. The van der Waals surface area contributed by atoms with Gasteiger partial charge in [0.2, 0.25) is 5.91 Å². The van der Waals surface area contributed by atoms with E-state index < -0.39 is 0 Å². The number of fused-ring (bicyclic) bond motifs is 1. The zero-order valence-corrected chi connectivity index (χ0v) is 15.4.